The van der Waals surface area contributed by atoms with Gasteiger partial charge in [0.2, 0.25) is 0 Å². The zero-order valence-electron chi connectivity index (χ0n) is 8.55. The van der Waals surface area contributed by atoms with Gasteiger partial charge in [0.25, 0.3) is 0 Å². The maximum Gasteiger partial charge on any atom is 0.471 e. The first-order chi connectivity index (χ1) is 6.82. The molecule has 1 rings (SSSR count). The minimum atomic E-state index is -4.77. The van der Waals surface area contributed by atoms with Gasteiger partial charge in [-0.2, -0.15) is 13.2 Å². The smallest absolute Gasteiger partial charge is 0.335 e. The van der Waals surface area contributed by atoms with E-state index in [1.54, 1.807) is 0 Å². The number of carbonyl (C=O) groups excluding carboxylic acids is 1. The fourth-order valence-corrected chi connectivity index (χ4v) is 1.85. The monoisotopic (exact) mass is 224 g/mol. The molecule has 1 saturated carbocycles. The van der Waals surface area contributed by atoms with Gasteiger partial charge in [-0.25, -0.2) is 0 Å². The molecule has 0 unspecified atom stereocenters. The third-order valence-electron chi connectivity index (χ3n) is 2.85. The molecule has 0 aromatic heterocycles. The number of alkyl halides is 3. The van der Waals surface area contributed by atoms with Crippen molar-refractivity contribution in [2.45, 2.75) is 43.9 Å². The summed E-state index contributed by atoms with van der Waals surface area (Å²) in [5, 5.41) is 0. The first-order valence-corrected chi connectivity index (χ1v) is 4.92. The van der Waals surface area contributed by atoms with Gasteiger partial charge in [0.1, 0.15) is 0 Å². The van der Waals surface area contributed by atoms with Gasteiger partial charge >= 0.3 is 12.1 Å². The Kier molecular flexibility index (Phi) is 3.59. The number of amides is 1. The molecule has 3 nitrogen and oxygen atoms in total. The highest BCUT2D eigenvalue weighted by atomic mass is 19.4. The first kappa shape index (κ1) is 12.3. The molecule has 0 radical (unpaired) electrons. The molecule has 0 heterocycles. The molecule has 0 aromatic rings. The summed E-state index contributed by atoms with van der Waals surface area (Å²) in [6, 6.07) is -0.255. The molecule has 0 bridgehead atoms. The van der Waals surface area contributed by atoms with Crippen LogP contribution >= 0.6 is 0 Å². The number of hydrogen-bond acceptors (Lipinski definition) is 2. The predicted octanol–water partition coefficient (Wildman–Crippen LogP) is 1.28. The van der Waals surface area contributed by atoms with Crippen molar-refractivity contribution < 1.29 is 18.0 Å². The molecule has 2 N–H and O–H groups in total. The summed E-state index contributed by atoms with van der Waals surface area (Å²) >= 11 is 0. The summed E-state index contributed by atoms with van der Waals surface area (Å²) < 4.78 is 36.3. The van der Waals surface area contributed by atoms with Crippen molar-refractivity contribution in [3.05, 3.63) is 0 Å². The third-order valence-corrected chi connectivity index (χ3v) is 2.85. The Morgan fingerprint density at radius 3 is 2.13 bits per heavy atom. The molecule has 0 spiro atoms. The highest BCUT2D eigenvalue weighted by Crippen LogP contribution is 2.25. The lowest BCUT2D eigenvalue weighted by molar-refractivity contribution is -0.186. The van der Waals surface area contributed by atoms with Crippen LogP contribution in [0.4, 0.5) is 13.2 Å². The van der Waals surface area contributed by atoms with Gasteiger partial charge in [-0.15, -0.1) is 0 Å². The lowest BCUT2D eigenvalue weighted by atomic mass is 9.91. The number of nitrogens with zero attached hydrogens (tertiary/aromatic N) is 1. The van der Waals surface area contributed by atoms with Crippen molar-refractivity contribution in [3.8, 4) is 0 Å². The molecule has 15 heavy (non-hydrogen) atoms. The fraction of sp³-hybridized carbons (Fsp3) is 0.889. The number of halogens is 3. The minimum absolute atomic E-state index is 0.0654. The standard InChI is InChI=1S/C9H15F3N2O/c1-14(8(15)9(10,11)12)7-4-2-6(13)3-5-7/h6-7H,2-5,13H2,1H3/t6-,7-. The number of hydrogen-bond donors (Lipinski definition) is 1. The topological polar surface area (TPSA) is 46.3 Å². The van der Waals surface area contributed by atoms with Crippen LogP contribution in [0.5, 0.6) is 0 Å². The Hall–Kier alpha value is -0.780. The van der Waals surface area contributed by atoms with Crippen LogP contribution in [-0.2, 0) is 4.79 Å². The van der Waals surface area contributed by atoms with Gasteiger partial charge in [-0.05, 0) is 25.7 Å². The van der Waals surface area contributed by atoms with E-state index in [2.05, 4.69) is 0 Å². The van der Waals surface area contributed by atoms with E-state index in [0.717, 1.165) is 4.90 Å². The van der Waals surface area contributed by atoms with Gasteiger partial charge in [0.05, 0.1) is 0 Å². The Bertz CT molecular complexity index is 234. The molecule has 0 saturated heterocycles. The van der Waals surface area contributed by atoms with Gasteiger partial charge in [-0.1, -0.05) is 0 Å². The van der Waals surface area contributed by atoms with E-state index in [0.29, 0.717) is 25.7 Å². The predicted molar refractivity (Wildman–Crippen MR) is 49.1 cm³/mol. The SMILES string of the molecule is CN(C(=O)C(F)(F)F)[C@H]1CC[C@H](N)CC1. The Balaban J connectivity index is 2.54. The normalized spacial score (nSPS) is 27.5. The average Bonchev–Trinajstić information content (AvgIpc) is 2.15. The van der Waals surface area contributed by atoms with E-state index in [-0.39, 0.29) is 12.1 Å². The molecule has 1 aliphatic carbocycles. The van der Waals surface area contributed by atoms with Crippen LogP contribution in [0.1, 0.15) is 25.7 Å². The third kappa shape index (κ3) is 3.09. The number of nitrogens with two attached hydrogens (primary N) is 1. The minimum Gasteiger partial charge on any atom is -0.335 e. The van der Waals surface area contributed by atoms with E-state index in [1.807, 2.05) is 0 Å². The van der Waals surface area contributed by atoms with E-state index < -0.39 is 12.1 Å². The molecular weight excluding hydrogens is 209 g/mol. The lowest BCUT2D eigenvalue weighted by Crippen LogP contribution is -2.47. The molecule has 88 valence electrons. The second kappa shape index (κ2) is 4.38. The second-order valence-electron chi connectivity index (χ2n) is 3.98. The molecule has 0 atom stereocenters. The average molecular weight is 224 g/mol. The lowest BCUT2D eigenvalue weighted by Gasteiger charge is -2.33. The van der Waals surface area contributed by atoms with Crippen molar-refractivity contribution in [2.75, 3.05) is 7.05 Å². The van der Waals surface area contributed by atoms with Gasteiger partial charge in [0.15, 0.2) is 0 Å². The summed E-state index contributed by atoms with van der Waals surface area (Å²) in [4.78, 5) is 11.7. The van der Waals surface area contributed by atoms with E-state index in [9.17, 15) is 18.0 Å². The zero-order chi connectivity index (χ0) is 11.6. The molecule has 1 amide bonds. The molecule has 1 aliphatic rings. The fourth-order valence-electron chi connectivity index (χ4n) is 1.85. The van der Waals surface area contributed by atoms with E-state index >= 15 is 0 Å². The molecular formula is C9H15F3N2O. The highest BCUT2D eigenvalue weighted by molar-refractivity contribution is 5.81. The number of rotatable bonds is 1. The highest BCUT2D eigenvalue weighted by Gasteiger charge is 2.43. The van der Waals surface area contributed by atoms with Crippen molar-refractivity contribution in [3.63, 3.8) is 0 Å². The Morgan fingerprint density at radius 1 is 1.27 bits per heavy atom. The van der Waals surface area contributed by atoms with Gasteiger partial charge < -0.3 is 10.6 Å². The molecule has 0 aromatic carbocycles. The Labute approximate surface area is 86.4 Å². The number of carbonyl (C=O) groups is 1. The summed E-state index contributed by atoms with van der Waals surface area (Å²) in [6.45, 7) is 0. The first-order valence-electron chi connectivity index (χ1n) is 4.92. The summed E-state index contributed by atoms with van der Waals surface area (Å²) in [5.41, 5.74) is 5.63. The van der Waals surface area contributed by atoms with Crippen molar-refractivity contribution in [2.24, 2.45) is 5.73 Å². The van der Waals surface area contributed by atoms with Crippen LogP contribution in [0.2, 0.25) is 0 Å². The maximum absolute atomic E-state index is 12.1. The van der Waals surface area contributed by atoms with Crippen molar-refractivity contribution >= 4 is 5.91 Å². The van der Waals surface area contributed by atoms with Crippen LogP contribution < -0.4 is 5.73 Å². The largest absolute Gasteiger partial charge is 0.471 e. The van der Waals surface area contributed by atoms with Gasteiger partial charge in [-0.3, -0.25) is 4.79 Å². The van der Waals surface area contributed by atoms with Crippen molar-refractivity contribution in [1.29, 1.82) is 0 Å². The maximum atomic E-state index is 12.1. The zero-order valence-corrected chi connectivity index (χ0v) is 8.55. The molecule has 6 heteroatoms. The Morgan fingerprint density at radius 2 is 1.73 bits per heavy atom. The molecule has 0 aliphatic heterocycles. The quantitative estimate of drug-likeness (QED) is 0.729. The van der Waals surface area contributed by atoms with E-state index in [4.69, 9.17) is 5.73 Å². The van der Waals surface area contributed by atoms with Crippen LogP contribution in [-0.4, -0.2) is 36.1 Å². The van der Waals surface area contributed by atoms with Gasteiger partial charge in [0, 0.05) is 19.1 Å². The molecule has 1 fully saturated rings. The summed E-state index contributed by atoms with van der Waals surface area (Å²) in [7, 11) is 1.21. The van der Waals surface area contributed by atoms with Crippen LogP contribution in [0, 0.1) is 0 Å². The summed E-state index contributed by atoms with van der Waals surface area (Å²) in [5.74, 6) is -1.76. The second-order valence-corrected chi connectivity index (χ2v) is 3.98. The van der Waals surface area contributed by atoms with Crippen molar-refractivity contribution in [1.82, 2.24) is 4.90 Å². The van der Waals surface area contributed by atoms with Crippen LogP contribution in [0.3, 0.4) is 0 Å². The van der Waals surface area contributed by atoms with Crippen LogP contribution in [0.25, 0.3) is 0 Å². The van der Waals surface area contributed by atoms with Crippen LogP contribution in [0.15, 0.2) is 0 Å². The summed E-state index contributed by atoms with van der Waals surface area (Å²) in [6.07, 6.45) is -2.30. The van der Waals surface area contributed by atoms with E-state index in [1.165, 1.54) is 7.05 Å².